The molecule has 2 aromatic heterocycles. The lowest BCUT2D eigenvalue weighted by molar-refractivity contribution is -0.0354. The van der Waals surface area contributed by atoms with Gasteiger partial charge in [-0.3, -0.25) is 13.7 Å². The zero-order chi connectivity index (χ0) is 27.2. The maximum atomic E-state index is 12.2. The molecule has 1 aliphatic rings. The van der Waals surface area contributed by atoms with E-state index in [2.05, 4.69) is 20.3 Å². The van der Waals surface area contributed by atoms with Gasteiger partial charge in [0.05, 0.1) is 12.4 Å². The highest BCUT2D eigenvalue weighted by molar-refractivity contribution is 7.72. The zero-order valence-electron chi connectivity index (χ0n) is 19.6. The molecule has 0 saturated carbocycles. The third-order valence-corrected chi connectivity index (χ3v) is 10.6. The fraction of sp³-hybridized carbons (Fsp3) is 0.318. The van der Waals surface area contributed by atoms with Crippen molar-refractivity contribution in [2.24, 2.45) is 0 Å². The Labute approximate surface area is 220 Å². The Balaban J connectivity index is 1.39. The van der Waals surface area contributed by atoms with Gasteiger partial charge in [-0.2, -0.15) is 9.97 Å². The first-order chi connectivity index (χ1) is 17.9. The summed E-state index contributed by atoms with van der Waals surface area (Å²) in [4.78, 5) is 40.7. The van der Waals surface area contributed by atoms with Crippen LogP contribution in [0.25, 0.3) is 21.9 Å². The quantitative estimate of drug-likeness (QED) is 0.131. The second-order valence-electron chi connectivity index (χ2n) is 9.06. The van der Waals surface area contributed by atoms with Crippen molar-refractivity contribution in [3.8, 4) is 0 Å². The average molecular weight is 584 g/mol. The van der Waals surface area contributed by atoms with E-state index in [0.717, 1.165) is 16.5 Å². The minimum absolute atomic E-state index is 0.106. The molecule has 1 fully saturated rings. The molecule has 202 valence electrons. The number of nitrogens with zero attached hydrogens (tertiary/aromatic N) is 4. The molecule has 0 bridgehead atoms. The van der Waals surface area contributed by atoms with Gasteiger partial charge in [0, 0.05) is 11.8 Å². The van der Waals surface area contributed by atoms with Gasteiger partial charge >= 0.3 is 7.60 Å². The van der Waals surface area contributed by atoms with Crippen molar-refractivity contribution in [3.63, 3.8) is 0 Å². The van der Waals surface area contributed by atoms with Gasteiger partial charge in [-0.05, 0) is 40.9 Å². The largest absolute Gasteiger partial charge is 0.388 e. The van der Waals surface area contributed by atoms with E-state index in [4.69, 9.17) is 26.1 Å². The van der Waals surface area contributed by atoms with E-state index in [-0.39, 0.29) is 17.4 Å². The highest BCUT2D eigenvalue weighted by atomic mass is 35.5. The van der Waals surface area contributed by atoms with E-state index >= 15 is 0 Å². The Bertz CT molecular complexity index is 1600. The van der Waals surface area contributed by atoms with Gasteiger partial charge in [-0.15, -0.1) is 0 Å². The molecule has 0 radical (unpaired) electrons. The number of aliphatic hydroxyl groups excluding tert-OH is 2. The summed E-state index contributed by atoms with van der Waals surface area (Å²) in [6, 6.07) is 13.6. The van der Waals surface area contributed by atoms with Crippen LogP contribution in [0.1, 0.15) is 12.6 Å². The van der Waals surface area contributed by atoms with Gasteiger partial charge in [0.2, 0.25) is 12.7 Å². The van der Waals surface area contributed by atoms with Crippen LogP contribution in [-0.2, 0) is 13.9 Å². The van der Waals surface area contributed by atoms with Gasteiger partial charge in [0.15, 0.2) is 23.2 Å². The summed E-state index contributed by atoms with van der Waals surface area (Å²) in [5, 5.41) is 26.3. The molecular formula is C22H24ClN5O8P2. The second kappa shape index (κ2) is 10.3. The Morgan fingerprint density at radius 1 is 1.03 bits per heavy atom. The Kier molecular flexibility index (Phi) is 7.34. The van der Waals surface area contributed by atoms with E-state index in [9.17, 15) is 24.2 Å². The molecule has 1 aliphatic heterocycles. The maximum Gasteiger partial charge on any atom is 0.335 e. The van der Waals surface area contributed by atoms with Gasteiger partial charge in [-0.1, -0.05) is 30.3 Å². The molecule has 2 unspecified atom stereocenters. The van der Waals surface area contributed by atoms with Crippen LogP contribution in [0.15, 0.2) is 48.8 Å². The van der Waals surface area contributed by atoms with Crippen molar-refractivity contribution in [1.29, 1.82) is 0 Å². The van der Waals surface area contributed by atoms with Crippen molar-refractivity contribution < 1.29 is 38.8 Å². The van der Waals surface area contributed by atoms with Gasteiger partial charge in [-0.25, -0.2) is 4.98 Å². The van der Waals surface area contributed by atoms with E-state index in [1.165, 1.54) is 10.9 Å². The first-order valence-electron chi connectivity index (χ1n) is 11.4. The fourth-order valence-electron chi connectivity index (χ4n) is 4.45. The van der Waals surface area contributed by atoms with Crippen molar-refractivity contribution in [2.75, 3.05) is 17.4 Å². The monoisotopic (exact) mass is 583 g/mol. The third-order valence-electron chi connectivity index (χ3n) is 6.19. The van der Waals surface area contributed by atoms with Crippen LogP contribution in [0.2, 0.25) is 5.28 Å². The molecule has 0 aliphatic carbocycles. The van der Waals surface area contributed by atoms with Crippen LogP contribution in [0.5, 0.6) is 0 Å². The summed E-state index contributed by atoms with van der Waals surface area (Å²) in [5.41, 5.74) is 1.25. The first kappa shape index (κ1) is 27.1. The molecule has 1 saturated heterocycles. The number of fused-ring (bicyclic) bond motifs is 2. The van der Waals surface area contributed by atoms with Crippen LogP contribution >= 0.6 is 26.6 Å². The van der Waals surface area contributed by atoms with E-state index in [0.29, 0.717) is 11.3 Å². The average Bonchev–Trinajstić information content (AvgIpc) is 3.37. The highest BCUT2D eigenvalue weighted by Gasteiger charge is 2.45. The summed E-state index contributed by atoms with van der Waals surface area (Å²) >= 11 is 6.19. The molecule has 13 nitrogen and oxygen atoms in total. The van der Waals surface area contributed by atoms with Crippen LogP contribution in [-0.4, -0.2) is 74.8 Å². The number of benzene rings is 2. The number of hydrogen-bond donors (Lipinski definition) is 6. The van der Waals surface area contributed by atoms with Crippen LogP contribution in [0.4, 0.5) is 11.5 Å². The molecule has 38 heavy (non-hydrogen) atoms. The SMILES string of the molecule is O=P(O)(O)CP(=O)(O)CC[C@H]1O[C@@H](n2cnc3c(Nc4ccc5ccccc5c4)nc(Cl)nc32)[C@@H](O)C1O. The number of anilines is 2. The Morgan fingerprint density at radius 2 is 1.76 bits per heavy atom. The second-order valence-corrected chi connectivity index (χ2v) is 14.0. The number of hydrogen-bond acceptors (Lipinski definition) is 9. The van der Waals surface area contributed by atoms with Crippen LogP contribution in [0.3, 0.4) is 0 Å². The summed E-state index contributed by atoms with van der Waals surface area (Å²) in [5.74, 6) is -0.874. The minimum atomic E-state index is -4.71. The third kappa shape index (κ3) is 5.76. The molecule has 3 heterocycles. The molecule has 5 rings (SSSR count). The van der Waals surface area contributed by atoms with Gasteiger partial charge in [0.1, 0.15) is 18.1 Å². The Hall–Kier alpha value is -2.44. The lowest BCUT2D eigenvalue weighted by Crippen LogP contribution is -2.32. The number of rotatable bonds is 8. The zero-order valence-corrected chi connectivity index (χ0v) is 22.1. The fourth-order valence-corrected chi connectivity index (χ4v) is 8.14. The molecule has 16 heteroatoms. The first-order valence-corrected chi connectivity index (χ1v) is 15.6. The summed E-state index contributed by atoms with van der Waals surface area (Å²) in [7, 11) is -8.91. The van der Waals surface area contributed by atoms with Crippen molar-refractivity contribution in [2.45, 2.75) is 31.0 Å². The smallest absolute Gasteiger partial charge is 0.335 e. The van der Waals surface area contributed by atoms with Crippen molar-refractivity contribution >= 4 is 60.0 Å². The van der Waals surface area contributed by atoms with E-state index in [1.807, 2.05) is 42.5 Å². The normalized spacial score (nSPS) is 23.6. The number of aromatic nitrogens is 4. The molecule has 2 aromatic carbocycles. The lowest BCUT2D eigenvalue weighted by atomic mass is 10.1. The van der Waals surface area contributed by atoms with E-state index < -0.39 is 51.6 Å². The number of aliphatic hydroxyl groups is 2. The molecule has 0 amide bonds. The highest BCUT2D eigenvalue weighted by Crippen LogP contribution is 2.55. The number of nitrogens with one attached hydrogen (secondary N) is 1. The van der Waals surface area contributed by atoms with Crippen LogP contribution < -0.4 is 5.32 Å². The maximum absolute atomic E-state index is 12.2. The lowest BCUT2D eigenvalue weighted by Gasteiger charge is -2.18. The number of halogens is 1. The summed E-state index contributed by atoms with van der Waals surface area (Å²) in [6.07, 6.45) is -4.55. The minimum Gasteiger partial charge on any atom is -0.388 e. The standard InChI is InChI=1S/C22H24ClN5O8P2/c23-22-26-19(25-14-6-5-12-3-1-2-4-13(12)9-14)16-20(27-22)28(10-24-16)21-18(30)17(29)15(36-21)7-8-37(31,32)11-38(33,34)35/h1-6,9-10,15,17-18,21,29-30H,7-8,11H2,(H,31,32)(H,25,26,27)(H2,33,34,35)/t15-,17?,18+,21-/m1/s1. The van der Waals surface area contributed by atoms with E-state index in [1.54, 1.807) is 0 Å². The predicted molar refractivity (Wildman–Crippen MR) is 140 cm³/mol. The van der Waals surface area contributed by atoms with Crippen LogP contribution in [0, 0.1) is 0 Å². The summed E-state index contributed by atoms with van der Waals surface area (Å²) in [6.45, 7) is 0. The Morgan fingerprint density at radius 3 is 2.50 bits per heavy atom. The molecule has 5 atom stereocenters. The van der Waals surface area contributed by atoms with Gasteiger partial charge < -0.3 is 34.9 Å². The number of imidazole rings is 1. The number of ether oxygens (including phenoxy) is 1. The molecular weight excluding hydrogens is 560 g/mol. The molecule has 6 N–H and O–H groups in total. The van der Waals surface area contributed by atoms with Gasteiger partial charge in [0.25, 0.3) is 0 Å². The topological polar surface area (TPSA) is 200 Å². The predicted octanol–water partition coefficient (Wildman–Crippen LogP) is 2.79. The molecule has 0 spiro atoms. The summed E-state index contributed by atoms with van der Waals surface area (Å²) < 4.78 is 30.4. The van der Waals surface area contributed by atoms with Crippen molar-refractivity contribution in [1.82, 2.24) is 19.5 Å². The van der Waals surface area contributed by atoms with Crippen molar-refractivity contribution in [3.05, 3.63) is 54.1 Å². The molecule has 4 aromatic rings.